The zero-order valence-electron chi connectivity index (χ0n) is 15.6. The highest BCUT2D eigenvalue weighted by Crippen LogP contribution is 2.31. The molecule has 1 unspecified atom stereocenters. The number of hydrogen-bond acceptors (Lipinski definition) is 4. The van der Waals surface area contributed by atoms with E-state index < -0.39 is 0 Å². The number of halogens is 1. The van der Waals surface area contributed by atoms with Crippen LogP contribution < -0.4 is 0 Å². The lowest BCUT2D eigenvalue weighted by Crippen LogP contribution is -2.40. The van der Waals surface area contributed by atoms with Gasteiger partial charge in [0.15, 0.2) is 0 Å². The van der Waals surface area contributed by atoms with E-state index in [0.717, 1.165) is 25.0 Å². The van der Waals surface area contributed by atoms with Crippen molar-refractivity contribution in [3.05, 3.63) is 53.1 Å². The number of rotatable bonds is 3. The van der Waals surface area contributed by atoms with Crippen LogP contribution in [0.25, 0.3) is 0 Å². The minimum atomic E-state index is -0.369. The Labute approximate surface area is 162 Å². The molecule has 148 valence electrons. The Morgan fingerprint density at radius 1 is 1.07 bits per heavy atom. The topological polar surface area (TPSA) is 78.5 Å². The molecule has 1 atom stereocenters. The van der Waals surface area contributed by atoms with E-state index in [4.69, 9.17) is 4.74 Å². The first-order valence-electron chi connectivity index (χ1n) is 9.62. The third kappa shape index (κ3) is 3.77. The molecule has 1 aromatic carbocycles. The third-order valence-electron chi connectivity index (χ3n) is 5.33. The van der Waals surface area contributed by atoms with Crippen molar-refractivity contribution in [3.63, 3.8) is 0 Å². The van der Waals surface area contributed by atoms with Crippen LogP contribution in [-0.4, -0.2) is 64.7 Å². The molecule has 2 aliphatic rings. The number of likely N-dealkylation sites (tertiary alicyclic amines) is 1. The quantitative estimate of drug-likeness (QED) is 0.879. The third-order valence-corrected chi connectivity index (χ3v) is 5.33. The minimum Gasteiger partial charge on any atom is -0.378 e. The Bertz CT molecular complexity index is 845. The van der Waals surface area contributed by atoms with Gasteiger partial charge in [-0.15, -0.1) is 0 Å². The molecule has 2 aromatic rings. The van der Waals surface area contributed by atoms with Crippen LogP contribution in [0.3, 0.4) is 0 Å². The second-order valence-corrected chi connectivity index (χ2v) is 7.13. The van der Waals surface area contributed by atoms with E-state index in [-0.39, 0.29) is 23.7 Å². The average molecular weight is 386 g/mol. The minimum absolute atomic E-state index is 0.127. The summed E-state index contributed by atoms with van der Waals surface area (Å²) in [6.07, 6.45) is 2.70. The lowest BCUT2D eigenvalue weighted by atomic mass is 9.98. The fraction of sp³-hybridized carbons (Fsp3) is 0.450. The number of carbonyl (C=O) groups excluding carboxylic acids is 2. The number of amides is 2. The van der Waals surface area contributed by atoms with Gasteiger partial charge in [0.1, 0.15) is 11.5 Å². The second kappa shape index (κ2) is 8.10. The SMILES string of the molecule is O=C(c1cc(C2CCCCN2C(=O)c2ccc(F)cc2)[nH]n1)N1CCOCC1. The molecule has 3 heterocycles. The molecule has 2 fully saturated rings. The van der Waals surface area contributed by atoms with Gasteiger partial charge in [0.2, 0.25) is 0 Å². The van der Waals surface area contributed by atoms with Crippen molar-refractivity contribution in [2.24, 2.45) is 0 Å². The van der Waals surface area contributed by atoms with E-state index in [1.807, 2.05) is 0 Å². The van der Waals surface area contributed by atoms with E-state index in [1.165, 1.54) is 24.3 Å². The zero-order valence-corrected chi connectivity index (χ0v) is 15.6. The molecule has 1 aromatic heterocycles. The molecular weight excluding hydrogens is 363 g/mol. The average Bonchev–Trinajstić information content (AvgIpc) is 3.24. The smallest absolute Gasteiger partial charge is 0.274 e. The van der Waals surface area contributed by atoms with Gasteiger partial charge in [-0.25, -0.2) is 4.39 Å². The van der Waals surface area contributed by atoms with E-state index in [0.29, 0.717) is 44.1 Å². The summed E-state index contributed by atoms with van der Waals surface area (Å²) in [5.74, 6) is -0.634. The molecule has 4 rings (SSSR count). The first kappa shape index (κ1) is 18.6. The van der Waals surface area contributed by atoms with Crippen molar-refractivity contribution in [3.8, 4) is 0 Å². The zero-order chi connectivity index (χ0) is 19.5. The van der Waals surface area contributed by atoms with Crippen LogP contribution in [0.15, 0.2) is 30.3 Å². The van der Waals surface area contributed by atoms with Gasteiger partial charge in [0.05, 0.1) is 24.9 Å². The normalized spacial score (nSPS) is 20.2. The summed E-state index contributed by atoms with van der Waals surface area (Å²) in [7, 11) is 0. The molecule has 7 nitrogen and oxygen atoms in total. The summed E-state index contributed by atoms with van der Waals surface area (Å²) in [5, 5.41) is 7.16. The molecule has 28 heavy (non-hydrogen) atoms. The first-order chi connectivity index (χ1) is 13.6. The Kier molecular flexibility index (Phi) is 5.38. The van der Waals surface area contributed by atoms with E-state index in [1.54, 1.807) is 15.9 Å². The summed E-state index contributed by atoms with van der Waals surface area (Å²) >= 11 is 0. The number of carbonyl (C=O) groups is 2. The maximum absolute atomic E-state index is 13.2. The maximum Gasteiger partial charge on any atom is 0.274 e. The number of nitrogens with zero attached hydrogens (tertiary/aromatic N) is 3. The van der Waals surface area contributed by atoms with Crippen molar-refractivity contribution in [1.29, 1.82) is 0 Å². The summed E-state index contributed by atoms with van der Waals surface area (Å²) in [5.41, 5.74) is 1.57. The van der Waals surface area contributed by atoms with Crippen molar-refractivity contribution in [2.75, 3.05) is 32.8 Å². The molecule has 0 saturated carbocycles. The van der Waals surface area contributed by atoms with Gasteiger partial charge < -0.3 is 14.5 Å². The molecule has 2 aliphatic heterocycles. The molecule has 2 amide bonds. The molecule has 1 N–H and O–H groups in total. The fourth-order valence-corrected chi connectivity index (χ4v) is 3.80. The molecule has 2 saturated heterocycles. The van der Waals surface area contributed by atoms with Crippen LogP contribution in [0.4, 0.5) is 4.39 Å². The number of benzene rings is 1. The lowest BCUT2D eigenvalue weighted by Gasteiger charge is -2.35. The number of hydrogen-bond donors (Lipinski definition) is 1. The van der Waals surface area contributed by atoms with Gasteiger partial charge >= 0.3 is 0 Å². The van der Waals surface area contributed by atoms with Crippen molar-refractivity contribution in [1.82, 2.24) is 20.0 Å². The largest absolute Gasteiger partial charge is 0.378 e. The highest BCUT2D eigenvalue weighted by Gasteiger charge is 2.31. The van der Waals surface area contributed by atoms with Gasteiger partial charge in [0.25, 0.3) is 11.8 Å². The van der Waals surface area contributed by atoms with Gasteiger partial charge in [-0.05, 0) is 49.6 Å². The van der Waals surface area contributed by atoms with Crippen LogP contribution in [0.1, 0.15) is 51.8 Å². The number of ether oxygens (including phenoxy) is 1. The number of piperidine rings is 1. The lowest BCUT2D eigenvalue weighted by molar-refractivity contribution is 0.0299. The number of nitrogens with one attached hydrogen (secondary N) is 1. The fourth-order valence-electron chi connectivity index (χ4n) is 3.80. The van der Waals surface area contributed by atoms with Crippen LogP contribution in [0.5, 0.6) is 0 Å². The van der Waals surface area contributed by atoms with Gasteiger partial charge in [-0.3, -0.25) is 14.7 Å². The van der Waals surface area contributed by atoms with Gasteiger partial charge in [-0.1, -0.05) is 0 Å². The summed E-state index contributed by atoms with van der Waals surface area (Å²) in [4.78, 5) is 29.1. The van der Waals surface area contributed by atoms with Crippen LogP contribution in [0.2, 0.25) is 0 Å². The summed E-state index contributed by atoms with van der Waals surface area (Å²) < 4.78 is 18.5. The molecule has 0 spiro atoms. The molecule has 0 aliphatic carbocycles. The number of morpholine rings is 1. The van der Waals surface area contributed by atoms with Crippen LogP contribution in [-0.2, 0) is 4.74 Å². The molecular formula is C20H23FN4O3. The highest BCUT2D eigenvalue weighted by atomic mass is 19.1. The molecule has 0 radical (unpaired) electrons. The monoisotopic (exact) mass is 386 g/mol. The predicted molar refractivity (Wildman–Crippen MR) is 99.3 cm³/mol. The van der Waals surface area contributed by atoms with Crippen molar-refractivity contribution >= 4 is 11.8 Å². The molecule has 0 bridgehead atoms. The highest BCUT2D eigenvalue weighted by molar-refractivity contribution is 5.95. The Morgan fingerprint density at radius 2 is 1.82 bits per heavy atom. The molecule has 8 heteroatoms. The Hall–Kier alpha value is -2.74. The first-order valence-corrected chi connectivity index (χ1v) is 9.62. The van der Waals surface area contributed by atoms with Gasteiger partial charge in [0, 0.05) is 25.2 Å². The Morgan fingerprint density at radius 3 is 2.57 bits per heavy atom. The number of aromatic amines is 1. The summed E-state index contributed by atoms with van der Waals surface area (Å²) in [6, 6.07) is 7.17. The maximum atomic E-state index is 13.2. The van der Waals surface area contributed by atoms with Crippen molar-refractivity contribution < 1.29 is 18.7 Å². The van der Waals surface area contributed by atoms with E-state index >= 15 is 0 Å². The second-order valence-electron chi connectivity index (χ2n) is 7.13. The number of H-pyrrole nitrogens is 1. The van der Waals surface area contributed by atoms with Gasteiger partial charge in [-0.2, -0.15) is 5.10 Å². The summed E-state index contributed by atoms with van der Waals surface area (Å²) in [6.45, 7) is 2.79. The standard InChI is InChI=1S/C20H23FN4O3/c21-15-6-4-14(5-7-15)19(26)25-8-2-1-3-18(25)16-13-17(23-22-16)20(27)24-9-11-28-12-10-24/h4-7,13,18H,1-3,8-12H2,(H,22,23). The predicted octanol–water partition coefficient (Wildman–Crippen LogP) is 2.39. The van der Waals surface area contributed by atoms with E-state index in [2.05, 4.69) is 10.2 Å². The number of aromatic nitrogens is 2. The van der Waals surface area contributed by atoms with E-state index in [9.17, 15) is 14.0 Å². The van der Waals surface area contributed by atoms with Crippen LogP contribution in [0, 0.1) is 5.82 Å². The van der Waals surface area contributed by atoms with Crippen LogP contribution >= 0.6 is 0 Å². The Balaban J connectivity index is 1.53. The van der Waals surface area contributed by atoms with Crippen molar-refractivity contribution in [2.45, 2.75) is 25.3 Å².